The minimum absolute atomic E-state index is 0.206. The Bertz CT molecular complexity index is 1380. The number of rotatable bonds is 9. The zero-order chi connectivity index (χ0) is 25.1. The Balaban J connectivity index is 1.30. The van der Waals surface area contributed by atoms with Gasteiger partial charge in [-0.3, -0.25) is 9.78 Å². The van der Waals surface area contributed by atoms with Gasteiger partial charge in [-0.25, -0.2) is 0 Å². The second-order valence-corrected chi connectivity index (χ2v) is 9.53. The van der Waals surface area contributed by atoms with E-state index in [-0.39, 0.29) is 5.56 Å². The average molecular weight is 484 g/mol. The highest BCUT2D eigenvalue weighted by atomic mass is 16.5. The maximum absolute atomic E-state index is 12.1. The van der Waals surface area contributed by atoms with E-state index in [9.17, 15) is 9.90 Å². The van der Waals surface area contributed by atoms with Gasteiger partial charge < -0.3 is 20.1 Å². The van der Waals surface area contributed by atoms with Crippen LogP contribution in [0.2, 0.25) is 0 Å². The van der Waals surface area contributed by atoms with Crippen LogP contribution in [-0.4, -0.2) is 27.7 Å². The number of ether oxygens (including phenoxy) is 1. The fraction of sp³-hybridized carbons (Fsp3) is 0.333. The van der Waals surface area contributed by atoms with E-state index in [2.05, 4.69) is 41.3 Å². The van der Waals surface area contributed by atoms with Crippen molar-refractivity contribution in [2.24, 2.45) is 0 Å². The van der Waals surface area contributed by atoms with Gasteiger partial charge in [-0.05, 0) is 83.3 Å². The molecule has 1 aliphatic carbocycles. The van der Waals surface area contributed by atoms with Gasteiger partial charge in [0.15, 0.2) is 0 Å². The molecule has 0 aliphatic heterocycles. The average Bonchev–Trinajstić information content (AvgIpc) is 3.31. The van der Waals surface area contributed by atoms with Crippen LogP contribution in [0, 0.1) is 0 Å². The Morgan fingerprint density at radius 2 is 1.72 bits per heavy atom. The molecule has 3 N–H and O–H groups in total. The highest BCUT2D eigenvalue weighted by molar-refractivity contribution is 5.87. The molecule has 1 atom stereocenters. The number of aryl methyl sites for hydroxylation is 2. The zero-order valence-corrected chi connectivity index (χ0v) is 20.9. The lowest BCUT2D eigenvalue weighted by Gasteiger charge is -2.19. The van der Waals surface area contributed by atoms with Crippen LogP contribution >= 0.6 is 0 Å². The predicted molar refractivity (Wildman–Crippen MR) is 142 cm³/mol. The lowest BCUT2D eigenvalue weighted by Crippen LogP contribution is -2.33. The number of hydrogen-bond donors (Lipinski definition) is 3. The first-order chi connectivity index (χ1) is 17.6. The zero-order valence-electron chi connectivity index (χ0n) is 20.9. The molecule has 1 aliphatic rings. The summed E-state index contributed by atoms with van der Waals surface area (Å²) < 4.78 is 6.01. The molecule has 0 unspecified atom stereocenters. The van der Waals surface area contributed by atoms with Crippen LogP contribution in [0.5, 0.6) is 5.75 Å². The minimum atomic E-state index is -0.714. The summed E-state index contributed by atoms with van der Waals surface area (Å²) in [6, 6.07) is 15.8. The van der Waals surface area contributed by atoms with Crippen molar-refractivity contribution in [3.8, 4) is 5.75 Å². The molecule has 0 spiro atoms. The highest BCUT2D eigenvalue weighted by Crippen LogP contribution is 2.31. The molecule has 2 aromatic heterocycles. The first kappa shape index (κ1) is 24.2. The molecule has 2 heterocycles. The maximum atomic E-state index is 12.1. The second kappa shape index (κ2) is 10.6. The molecule has 0 bridgehead atoms. The van der Waals surface area contributed by atoms with E-state index in [0.29, 0.717) is 30.5 Å². The summed E-state index contributed by atoms with van der Waals surface area (Å²) >= 11 is 0. The van der Waals surface area contributed by atoms with Crippen LogP contribution in [0.25, 0.3) is 10.9 Å². The summed E-state index contributed by atoms with van der Waals surface area (Å²) in [4.78, 5) is 19.0. The van der Waals surface area contributed by atoms with Gasteiger partial charge in [0, 0.05) is 36.4 Å². The molecule has 0 amide bonds. The molecular weight excluding hydrogens is 450 g/mol. The predicted octanol–water partition coefficient (Wildman–Crippen LogP) is 4.42. The molecule has 0 saturated carbocycles. The quantitative estimate of drug-likeness (QED) is 0.328. The molecule has 2 aromatic carbocycles. The summed E-state index contributed by atoms with van der Waals surface area (Å²) in [6.07, 6.45) is 6.81. The number of nitrogens with zero attached hydrogens (tertiary/aromatic N) is 1. The molecule has 0 fully saturated rings. The largest absolute Gasteiger partial charge is 0.487 e. The normalized spacial score (nSPS) is 14.2. The summed E-state index contributed by atoms with van der Waals surface area (Å²) in [7, 11) is 0. The Morgan fingerprint density at radius 3 is 2.39 bits per heavy atom. The van der Waals surface area contributed by atoms with Gasteiger partial charge in [0.05, 0.1) is 11.6 Å². The number of nitrogens with one attached hydrogen (secondary N) is 2. The van der Waals surface area contributed by atoms with E-state index in [0.717, 1.165) is 42.2 Å². The maximum Gasteiger partial charge on any atom is 0.248 e. The number of hydrogen-bond acceptors (Lipinski definition) is 5. The summed E-state index contributed by atoms with van der Waals surface area (Å²) in [6.45, 7) is 5.23. The molecule has 5 rings (SSSR count). The van der Waals surface area contributed by atoms with Crippen molar-refractivity contribution in [1.29, 1.82) is 0 Å². The molecule has 4 aromatic rings. The topological polar surface area (TPSA) is 87.2 Å². The Labute approximate surface area is 211 Å². The highest BCUT2D eigenvalue weighted by Gasteiger charge is 2.24. The van der Waals surface area contributed by atoms with Crippen LogP contribution in [0.3, 0.4) is 0 Å². The monoisotopic (exact) mass is 483 g/mol. The van der Waals surface area contributed by atoms with Gasteiger partial charge >= 0.3 is 0 Å². The van der Waals surface area contributed by atoms with Crippen molar-refractivity contribution in [2.45, 2.75) is 58.3 Å². The molecular formula is C30H33N3O3. The van der Waals surface area contributed by atoms with E-state index >= 15 is 0 Å². The van der Waals surface area contributed by atoms with Crippen LogP contribution in [0.15, 0.2) is 65.7 Å². The Hall–Kier alpha value is -3.48. The molecule has 6 heteroatoms. The summed E-state index contributed by atoms with van der Waals surface area (Å²) in [5.41, 5.74) is 7.89. The fourth-order valence-electron chi connectivity index (χ4n) is 5.26. The molecule has 0 saturated heterocycles. The number of aliphatic hydroxyl groups excluding tert-OH is 1. The number of aromatic amines is 1. The van der Waals surface area contributed by atoms with E-state index in [1.807, 2.05) is 24.3 Å². The first-order valence-corrected chi connectivity index (χ1v) is 12.8. The van der Waals surface area contributed by atoms with Crippen molar-refractivity contribution in [1.82, 2.24) is 15.3 Å². The van der Waals surface area contributed by atoms with Gasteiger partial charge in [-0.1, -0.05) is 32.0 Å². The number of benzene rings is 2. The van der Waals surface area contributed by atoms with Gasteiger partial charge in [-0.2, -0.15) is 0 Å². The second-order valence-electron chi connectivity index (χ2n) is 9.53. The van der Waals surface area contributed by atoms with Crippen LogP contribution in [0.4, 0.5) is 0 Å². The summed E-state index contributed by atoms with van der Waals surface area (Å²) in [5.74, 6) is 0.577. The smallest absolute Gasteiger partial charge is 0.248 e. The lowest BCUT2D eigenvalue weighted by atomic mass is 9.97. The van der Waals surface area contributed by atoms with Gasteiger partial charge in [0.1, 0.15) is 12.4 Å². The number of pyridine rings is 2. The van der Waals surface area contributed by atoms with Crippen LogP contribution < -0.4 is 15.6 Å². The van der Waals surface area contributed by atoms with Crippen molar-refractivity contribution < 1.29 is 9.84 Å². The third-order valence-electron chi connectivity index (χ3n) is 7.21. The number of fused-ring (bicyclic) bond motifs is 2. The van der Waals surface area contributed by atoms with Crippen molar-refractivity contribution in [3.63, 3.8) is 0 Å². The molecule has 6 nitrogen and oxygen atoms in total. The van der Waals surface area contributed by atoms with E-state index in [4.69, 9.17) is 4.74 Å². The van der Waals surface area contributed by atoms with E-state index in [1.165, 1.54) is 28.3 Å². The van der Waals surface area contributed by atoms with Gasteiger partial charge in [-0.15, -0.1) is 0 Å². The van der Waals surface area contributed by atoms with Crippen molar-refractivity contribution in [2.75, 3.05) is 6.54 Å². The SMILES string of the molecule is CCc1cc2c(cc1CC)CC(NC[C@@H](O)c1ccc(OCc3ccncc3)c3[nH]c(=O)ccc13)C2. The van der Waals surface area contributed by atoms with Crippen LogP contribution in [-0.2, 0) is 32.3 Å². The standard InChI is InChI=1S/C30H33N3O3/c1-3-20-13-22-15-24(16-23(22)14-21(20)4-2)32-17-27(34)25-5-7-28(30-26(25)6-8-29(35)33-30)36-18-19-9-11-31-12-10-19/h5-14,24,27,32,34H,3-4,15-18H2,1-2H3,(H,33,35)/t27-/m1/s1. The third kappa shape index (κ3) is 5.06. The Morgan fingerprint density at radius 1 is 1.03 bits per heavy atom. The third-order valence-corrected chi connectivity index (χ3v) is 7.21. The molecule has 186 valence electrons. The van der Waals surface area contributed by atoms with E-state index in [1.54, 1.807) is 18.5 Å². The minimum Gasteiger partial charge on any atom is -0.487 e. The number of aromatic nitrogens is 2. The fourth-order valence-corrected chi connectivity index (χ4v) is 5.26. The molecule has 36 heavy (non-hydrogen) atoms. The van der Waals surface area contributed by atoms with Crippen LogP contribution in [0.1, 0.15) is 53.3 Å². The number of H-pyrrole nitrogens is 1. The molecule has 0 radical (unpaired) electrons. The number of aliphatic hydroxyl groups is 1. The summed E-state index contributed by atoms with van der Waals surface area (Å²) in [5, 5.41) is 15.5. The Kier molecular flexibility index (Phi) is 7.16. The van der Waals surface area contributed by atoms with Crippen molar-refractivity contribution in [3.05, 3.63) is 105 Å². The first-order valence-electron chi connectivity index (χ1n) is 12.8. The lowest BCUT2D eigenvalue weighted by molar-refractivity contribution is 0.171. The van der Waals surface area contributed by atoms with Gasteiger partial charge in [0.2, 0.25) is 5.56 Å². The van der Waals surface area contributed by atoms with E-state index < -0.39 is 6.10 Å². The van der Waals surface area contributed by atoms with Crippen molar-refractivity contribution >= 4 is 10.9 Å². The van der Waals surface area contributed by atoms with Gasteiger partial charge in [0.25, 0.3) is 0 Å².